The molecule has 5 aromatic rings. The summed E-state index contributed by atoms with van der Waals surface area (Å²) in [7, 11) is -6.97. The van der Waals surface area contributed by atoms with Gasteiger partial charge in [0.2, 0.25) is 0 Å². The van der Waals surface area contributed by atoms with Crippen molar-refractivity contribution in [1.29, 1.82) is 0 Å². The van der Waals surface area contributed by atoms with Gasteiger partial charge in [-0.15, -0.1) is 0 Å². The van der Waals surface area contributed by atoms with E-state index in [1.807, 2.05) is 0 Å². The Bertz CT molecular complexity index is 1510. The molecule has 0 unspecified atom stereocenters. The van der Waals surface area contributed by atoms with Crippen molar-refractivity contribution in [3.05, 3.63) is 136 Å². The van der Waals surface area contributed by atoms with E-state index in [-0.39, 0.29) is 0 Å². The van der Waals surface area contributed by atoms with Crippen molar-refractivity contribution in [2.75, 3.05) is 0 Å². The van der Waals surface area contributed by atoms with E-state index in [9.17, 15) is 23.2 Å². The van der Waals surface area contributed by atoms with E-state index >= 15 is 0 Å². The Hall–Kier alpha value is -3.09. The van der Waals surface area contributed by atoms with Gasteiger partial charge in [-0.1, -0.05) is 108 Å². The van der Waals surface area contributed by atoms with Gasteiger partial charge in [0.15, 0.2) is 11.5 Å². The van der Waals surface area contributed by atoms with Crippen molar-refractivity contribution in [1.82, 2.24) is 0 Å². The van der Waals surface area contributed by atoms with E-state index in [0.717, 1.165) is 0 Å². The average Bonchev–Trinajstić information content (AvgIpc) is 2.97. The number of hydrogen-bond donors (Lipinski definition) is 2. The van der Waals surface area contributed by atoms with Crippen LogP contribution in [0.2, 0.25) is 15.1 Å². The van der Waals surface area contributed by atoms with Gasteiger partial charge in [-0.25, -0.2) is 8.42 Å². The zero-order chi connectivity index (χ0) is 28.9. The molecule has 2 N–H and O–H groups in total. The Kier molecular flexibility index (Phi) is 9.42. The highest BCUT2D eigenvalue weighted by molar-refractivity contribution is 8.01. The van der Waals surface area contributed by atoms with Crippen LogP contribution in [0, 0.1) is 0 Å². The molecule has 0 aromatic heterocycles. The summed E-state index contributed by atoms with van der Waals surface area (Å²) in [5, 5.41) is 21.9. The summed E-state index contributed by atoms with van der Waals surface area (Å²) in [6.07, 6.45) is 0. The third-order valence-electron chi connectivity index (χ3n) is 6.05. The van der Waals surface area contributed by atoms with Crippen molar-refractivity contribution >= 4 is 73.4 Å². The van der Waals surface area contributed by atoms with Gasteiger partial charge < -0.3 is 14.8 Å². The molecule has 0 saturated carbocycles. The molecular weight excluding hydrogens is 610 g/mol. The first kappa shape index (κ1) is 29.9. The zero-order valence-electron chi connectivity index (χ0n) is 20.7. The van der Waals surface area contributed by atoms with Crippen LogP contribution in [0.5, 0.6) is 11.5 Å². The minimum Gasteiger partial charge on any atom is -0.744 e. The second-order valence-electron chi connectivity index (χ2n) is 8.44. The molecule has 0 saturated heterocycles. The van der Waals surface area contributed by atoms with Crippen molar-refractivity contribution < 1.29 is 23.2 Å². The molecule has 0 bridgehead atoms. The normalized spacial score (nSPS) is 11.4. The number of aromatic hydroxyl groups is 2. The lowest BCUT2D eigenvalue weighted by molar-refractivity contribution is 0.427. The van der Waals surface area contributed by atoms with Crippen LogP contribution < -0.4 is 21.2 Å². The van der Waals surface area contributed by atoms with Gasteiger partial charge >= 0.3 is 0 Å². The van der Waals surface area contributed by atoms with Crippen LogP contribution in [0.15, 0.2) is 126 Å². The minimum atomic E-state index is -5.06. The lowest BCUT2D eigenvalue weighted by Crippen LogP contribution is -2.38. The van der Waals surface area contributed by atoms with Crippen LogP contribution in [0.25, 0.3) is 0 Å². The molecule has 0 atom stereocenters. The number of phenols is 2. The molecule has 0 aliphatic rings. The van der Waals surface area contributed by atoms with Crippen LogP contribution in [0.1, 0.15) is 0 Å². The zero-order valence-corrected chi connectivity index (χ0v) is 24.6. The van der Waals surface area contributed by atoms with Crippen LogP contribution >= 0.6 is 42.1 Å². The molecule has 0 heterocycles. The number of hydrogen-bond acceptors (Lipinski definition) is 5. The molecule has 0 fully saturated rings. The van der Waals surface area contributed by atoms with Gasteiger partial charge in [0.25, 0.3) is 0 Å². The fourth-order valence-corrected chi connectivity index (χ4v) is 10.2. The molecule has 0 spiro atoms. The maximum absolute atomic E-state index is 10.7. The SMILES string of the molecule is O=S(=O)([O-])c1c(O)c(Cl)c(Cl)c(O)c1Cl.c1ccc([P+](c2ccccc2)(c2ccccc2)c2ccccc2)cc1. The van der Waals surface area contributed by atoms with Crippen molar-refractivity contribution in [3.63, 3.8) is 0 Å². The number of phenolic OH excluding ortho intramolecular Hbond substituents is 2. The smallest absolute Gasteiger partial charge is 0.155 e. The standard InChI is InChI=1S/C24H20P.C6H3Cl3O5S/c1-5-13-21(14-6-1)25(22-15-7-2-8-16-22,23-17-9-3-10-18-23)24-19-11-4-12-20-24;7-1-2(8)5(11)6(15(12,13)14)3(9)4(1)10/h1-20H;10-11H,(H,12,13,14)/q+1;/p-1. The summed E-state index contributed by atoms with van der Waals surface area (Å²) in [4.78, 5) is -1.20. The van der Waals surface area contributed by atoms with Crippen molar-refractivity contribution in [2.24, 2.45) is 0 Å². The Labute approximate surface area is 248 Å². The topological polar surface area (TPSA) is 97.7 Å². The van der Waals surface area contributed by atoms with Crippen molar-refractivity contribution in [2.45, 2.75) is 4.90 Å². The minimum absolute atomic E-state index is 0.536. The van der Waals surface area contributed by atoms with E-state index in [1.165, 1.54) is 21.2 Å². The quantitative estimate of drug-likeness (QED) is 0.103. The van der Waals surface area contributed by atoms with Gasteiger partial charge in [0.1, 0.15) is 58.6 Å². The first-order valence-corrected chi connectivity index (χ1v) is 16.1. The third-order valence-corrected chi connectivity index (χ3v) is 12.6. The lowest BCUT2D eigenvalue weighted by atomic mass is 10.3. The molecule has 0 amide bonds. The fraction of sp³-hybridized carbons (Fsp3) is 0. The van der Waals surface area contributed by atoms with E-state index in [1.54, 1.807) is 0 Å². The summed E-state index contributed by atoms with van der Waals surface area (Å²) in [5.41, 5.74) is 0. The largest absolute Gasteiger partial charge is 0.744 e. The van der Waals surface area contributed by atoms with Crippen LogP contribution in [-0.4, -0.2) is 23.2 Å². The maximum Gasteiger partial charge on any atom is 0.155 e. The average molecular weight is 632 g/mol. The molecule has 204 valence electrons. The van der Waals surface area contributed by atoms with E-state index in [0.29, 0.717) is 0 Å². The summed E-state index contributed by atoms with van der Waals surface area (Å²) in [5.74, 6) is -1.96. The maximum atomic E-state index is 10.7. The molecule has 5 nitrogen and oxygen atoms in total. The predicted molar refractivity (Wildman–Crippen MR) is 164 cm³/mol. The first-order chi connectivity index (χ1) is 19.1. The Morgan fingerprint density at radius 3 is 1.05 bits per heavy atom. The van der Waals surface area contributed by atoms with E-state index in [4.69, 9.17) is 34.8 Å². The van der Waals surface area contributed by atoms with E-state index in [2.05, 4.69) is 121 Å². The molecule has 0 aliphatic heterocycles. The van der Waals surface area contributed by atoms with Crippen LogP contribution in [0.3, 0.4) is 0 Å². The number of benzene rings is 5. The Morgan fingerprint density at radius 1 is 0.500 bits per heavy atom. The summed E-state index contributed by atoms with van der Waals surface area (Å²) < 4.78 is 32.0. The molecular formula is C30H22Cl3O5PS. The first-order valence-electron chi connectivity index (χ1n) is 11.8. The lowest BCUT2D eigenvalue weighted by Gasteiger charge is -2.27. The van der Waals surface area contributed by atoms with E-state index < -0.39 is 48.8 Å². The highest BCUT2D eigenvalue weighted by Crippen LogP contribution is 2.54. The summed E-state index contributed by atoms with van der Waals surface area (Å²) in [6, 6.07) is 43.8. The number of halogens is 3. The monoisotopic (exact) mass is 630 g/mol. The van der Waals surface area contributed by atoms with Gasteiger partial charge in [-0.3, -0.25) is 0 Å². The fourth-order valence-electron chi connectivity index (χ4n) is 4.34. The summed E-state index contributed by atoms with van der Waals surface area (Å²) >= 11 is 16.1. The van der Waals surface area contributed by atoms with Crippen molar-refractivity contribution in [3.8, 4) is 11.5 Å². The predicted octanol–water partition coefficient (Wildman–Crippen LogP) is 6.27. The highest BCUT2D eigenvalue weighted by atomic mass is 35.5. The molecule has 5 rings (SSSR count). The van der Waals surface area contributed by atoms with Gasteiger partial charge in [0, 0.05) is 0 Å². The molecule has 0 radical (unpaired) electrons. The van der Waals surface area contributed by atoms with Gasteiger partial charge in [-0.05, 0) is 48.5 Å². The van der Waals surface area contributed by atoms with Crippen LogP contribution in [-0.2, 0) is 10.1 Å². The molecule has 0 aliphatic carbocycles. The summed E-state index contributed by atoms with van der Waals surface area (Å²) in [6.45, 7) is 0. The highest BCUT2D eigenvalue weighted by Gasteiger charge is 2.47. The third kappa shape index (κ3) is 5.84. The molecule has 40 heavy (non-hydrogen) atoms. The Balaban J connectivity index is 0.000000212. The number of rotatable bonds is 5. The Morgan fingerprint density at radius 2 is 0.775 bits per heavy atom. The molecule has 10 heteroatoms. The van der Waals surface area contributed by atoms with Gasteiger partial charge in [0.05, 0.1) is 0 Å². The molecule has 5 aromatic carbocycles. The van der Waals surface area contributed by atoms with Crippen LogP contribution in [0.4, 0.5) is 0 Å². The van der Waals surface area contributed by atoms with Gasteiger partial charge in [-0.2, -0.15) is 0 Å². The second kappa shape index (κ2) is 12.6. The second-order valence-corrected chi connectivity index (χ2v) is 14.3.